The summed E-state index contributed by atoms with van der Waals surface area (Å²) in [7, 11) is 1.97. The highest BCUT2D eigenvalue weighted by molar-refractivity contribution is 4.96. The molecule has 0 bridgehead atoms. The van der Waals surface area contributed by atoms with Crippen LogP contribution in [0.4, 0.5) is 0 Å². The van der Waals surface area contributed by atoms with Crippen LogP contribution in [-0.2, 0) is 0 Å². The zero-order valence-corrected chi connectivity index (χ0v) is 8.10. The Morgan fingerprint density at radius 3 is 2.67 bits per heavy atom. The minimum absolute atomic E-state index is 0.966. The fourth-order valence-corrected chi connectivity index (χ4v) is 1.66. The third-order valence-corrected chi connectivity index (χ3v) is 2.41. The molecular formula is C10H20N2. The maximum Gasteiger partial charge on any atom is 0.0159 e. The topological polar surface area (TPSA) is 15.3 Å². The van der Waals surface area contributed by atoms with Crippen molar-refractivity contribution in [2.45, 2.75) is 19.3 Å². The van der Waals surface area contributed by atoms with Crippen molar-refractivity contribution < 1.29 is 0 Å². The van der Waals surface area contributed by atoms with Gasteiger partial charge in [0.25, 0.3) is 0 Å². The Labute approximate surface area is 75.6 Å². The Hall–Kier alpha value is -0.340. The third-order valence-electron chi connectivity index (χ3n) is 2.41. The molecule has 1 aliphatic rings. The number of nitrogens with one attached hydrogen (secondary N) is 1. The molecule has 0 spiro atoms. The van der Waals surface area contributed by atoms with E-state index in [1.807, 2.05) is 7.05 Å². The molecule has 1 fully saturated rings. The normalized spacial score (nSPS) is 18.4. The first-order valence-electron chi connectivity index (χ1n) is 4.86. The molecule has 1 N–H and O–H groups in total. The molecule has 0 radical (unpaired) electrons. The predicted octanol–water partition coefficient (Wildman–Crippen LogP) is 1.25. The summed E-state index contributed by atoms with van der Waals surface area (Å²) in [6.45, 7) is 8.79. The summed E-state index contributed by atoms with van der Waals surface area (Å²) in [6, 6.07) is 0. The molecule has 0 unspecified atom stereocenters. The Morgan fingerprint density at radius 1 is 1.42 bits per heavy atom. The maximum atomic E-state index is 4.02. The molecule has 1 aliphatic heterocycles. The smallest absolute Gasteiger partial charge is 0.0159 e. The van der Waals surface area contributed by atoms with Gasteiger partial charge in [-0.2, -0.15) is 0 Å². The van der Waals surface area contributed by atoms with E-state index in [0.717, 1.165) is 13.0 Å². The van der Waals surface area contributed by atoms with Crippen molar-refractivity contribution in [2.24, 2.45) is 0 Å². The van der Waals surface area contributed by atoms with E-state index in [9.17, 15) is 0 Å². The van der Waals surface area contributed by atoms with E-state index in [0.29, 0.717) is 0 Å². The number of rotatable bonds is 5. The first-order chi connectivity index (χ1) is 5.83. The van der Waals surface area contributed by atoms with Crippen LogP contribution >= 0.6 is 0 Å². The van der Waals surface area contributed by atoms with Crippen molar-refractivity contribution >= 4 is 0 Å². The first-order valence-corrected chi connectivity index (χ1v) is 4.86. The fourth-order valence-electron chi connectivity index (χ4n) is 1.66. The van der Waals surface area contributed by atoms with E-state index in [4.69, 9.17) is 0 Å². The van der Waals surface area contributed by atoms with E-state index in [1.54, 1.807) is 0 Å². The van der Waals surface area contributed by atoms with Crippen molar-refractivity contribution in [1.29, 1.82) is 0 Å². The highest BCUT2D eigenvalue weighted by atomic mass is 15.1. The average Bonchev–Trinajstić information content (AvgIpc) is 2.53. The number of likely N-dealkylation sites (tertiary alicyclic amines) is 1. The van der Waals surface area contributed by atoms with Crippen LogP contribution in [0, 0.1) is 0 Å². The van der Waals surface area contributed by atoms with Crippen LogP contribution in [0.2, 0.25) is 0 Å². The van der Waals surface area contributed by atoms with Crippen molar-refractivity contribution in [3.05, 3.63) is 12.2 Å². The number of hydrogen-bond acceptors (Lipinski definition) is 2. The van der Waals surface area contributed by atoms with E-state index >= 15 is 0 Å². The Balaban J connectivity index is 2.03. The quantitative estimate of drug-likeness (QED) is 0.621. The molecule has 12 heavy (non-hydrogen) atoms. The lowest BCUT2D eigenvalue weighted by Gasteiger charge is -2.14. The molecule has 0 amide bonds. The molecule has 0 aliphatic carbocycles. The number of likely N-dealkylation sites (N-methyl/N-ethyl adjacent to an activating group) is 1. The van der Waals surface area contributed by atoms with Gasteiger partial charge in [-0.3, -0.25) is 0 Å². The first kappa shape index (κ1) is 9.75. The molecular weight excluding hydrogens is 148 g/mol. The van der Waals surface area contributed by atoms with Gasteiger partial charge in [-0.25, -0.2) is 0 Å². The molecule has 1 saturated heterocycles. The Kier molecular flexibility index (Phi) is 4.33. The summed E-state index contributed by atoms with van der Waals surface area (Å²) in [5.74, 6) is 0. The molecule has 1 rings (SSSR count). The highest BCUT2D eigenvalue weighted by Gasteiger charge is 2.10. The second-order valence-corrected chi connectivity index (χ2v) is 3.58. The molecule has 1 heterocycles. The van der Waals surface area contributed by atoms with Crippen molar-refractivity contribution in [2.75, 3.05) is 33.2 Å². The molecule has 0 aromatic carbocycles. The van der Waals surface area contributed by atoms with Crippen LogP contribution in [0.5, 0.6) is 0 Å². The van der Waals surface area contributed by atoms with Gasteiger partial charge in [0.1, 0.15) is 0 Å². The van der Waals surface area contributed by atoms with Gasteiger partial charge in [0.15, 0.2) is 0 Å². The lowest BCUT2D eigenvalue weighted by atomic mass is 10.2. The number of nitrogens with zero attached hydrogens (tertiary/aromatic N) is 1. The molecule has 2 nitrogen and oxygen atoms in total. The van der Waals surface area contributed by atoms with Crippen LogP contribution in [-0.4, -0.2) is 38.1 Å². The van der Waals surface area contributed by atoms with Gasteiger partial charge < -0.3 is 10.2 Å². The third kappa shape index (κ3) is 3.37. The summed E-state index contributed by atoms with van der Waals surface area (Å²) in [5, 5.41) is 3.12. The highest BCUT2D eigenvalue weighted by Crippen LogP contribution is 2.09. The zero-order valence-electron chi connectivity index (χ0n) is 8.10. The lowest BCUT2D eigenvalue weighted by Crippen LogP contribution is -2.22. The Bertz CT molecular complexity index is 137. The SMILES string of the molecule is C=C(CCN1CCCC1)CNC. The van der Waals surface area contributed by atoms with Gasteiger partial charge >= 0.3 is 0 Å². The van der Waals surface area contributed by atoms with Gasteiger partial charge in [-0.15, -0.1) is 0 Å². The minimum Gasteiger partial charge on any atom is -0.316 e. The Morgan fingerprint density at radius 2 is 2.08 bits per heavy atom. The minimum atomic E-state index is 0.966. The van der Waals surface area contributed by atoms with Crippen LogP contribution in [0.1, 0.15) is 19.3 Å². The molecule has 0 aromatic heterocycles. The van der Waals surface area contributed by atoms with E-state index in [1.165, 1.54) is 38.0 Å². The summed E-state index contributed by atoms with van der Waals surface area (Å²) in [6.07, 6.45) is 3.93. The standard InChI is InChI=1S/C10H20N2/c1-10(9-11-2)5-8-12-6-3-4-7-12/h11H,1,3-9H2,2H3. The summed E-state index contributed by atoms with van der Waals surface area (Å²) in [5.41, 5.74) is 1.32. The number of hydrogen-bond donors (Lipinski definition) is 1. The summed E-state index contributed by atoms with van der Waals surface area (Å²) < 4.78 is 0. The van der Waals surface area contributed by atoms with Crippen LogP contribution in [0.25, 0.3) is 0 Å². The predicted molar refractivity (Wildman–Crippen MR) is 53.4 cm³/mol. The molecule has 70 valence electrons. The molecule has 0 atom stereocenters. The molecule has 2 heteroatoms. The van der Waals surface area contributed by atoms with Crippen molar-refractivity contribution in [3.63, 3.8) is 0 Å². The van der Waals surface area contributed by atoms with Crippen LogP contribution in [0.15, 0.2) is 12.2 Å². The largest absolute Gasteiger partial charge is 0.316 e. The van der Waals surface area contributed by atoms with E-state index in [-0.39, 0.29) is 0 Å². The maximum absolute atomic E-state index is 4.02. The monoisotopic (exact) mass is 168 g/mol. The van der Waals surface area contributed by atoms with E-state index < -0.39 is 0 Å². The van der Waals surface area contributed by atoms with E-state index in [2.05, 4.69) is 16.8 Å². The summed E-state index contributed by atoms with van der Waals surface area (Å²) >= 11 is 0. The second-order valence-electron chi connectivity index (χ2n) is 3.58. The van der Waals surface area contributed by atoms with Crippen molar-refractivity contribution in [3.8, 4) is 0 Å². The van der Waals surface area contributed by atoms with Gasteiger partial charge in [0.05, 0.1) is 0 Å². The molecule has 0 aromatic rings. The zero-order chi connectivity index (χ0) is 8.81. The average molecular weight is 168 g/mol. The van der Waals surface area contributed by atoms with Crippen molar-refractivity contribution in [1.82, 2.24) is 10.2 Å². The second kappa shape index (κ2) is 5.33. The van der Waals surface area contributed by atoms with Gasteiger partial charge in [-0.05, 0) is 39.4 Å². The van der Waals surface area contributed by atoms with Crippen LogP contribution < -0.4 is 5.32 Å². The summed E-state index contributed by atoms with van der Waals surface area (Å²) in [4.78, 5) is 2.53. The lowest BCUT2D eigenvalue weighted by molar-refractivity contribution is 0.342. The van der Waals surface area contributed by atoms with Crippen LogP contribution in [0.3, 0.4) is 0 Å². The van der Waals surface area contributed by atoms with Gasteiger partial charge in [-0.1, -0.05) is 12.2 Å². The molecule has 0 saturated carbocycles. The van der Waals surface area contributed by atoms with Gasteiger partial charge in [0.2, 0.25) is 0 Å². The van der Waals surface area contributed by atoms with Gasteiger partial charge in [0, 0.05) is 13.1 Å². The fraction of sp³-hybridized carbons (Fsp3) is 0.800.